The average Bonchev–Trinajstić information content (AvgIpc) is 3.02. The molecule has 5 heteroatoms. The summed E-state index contributed by atoms with van der Waals surface area (Å²) in [6.07, 6.45) is 1.69. The molecule has 0 bridgehead atoms. The van der Waals surface area contributed by atoms with Crippen LogP contribution in [0.2, 0.25) is 0 Å². The van der Waals surface area contributed by atoms with Gasteiger partial charge in [-0.3, -0.25) is 0 Å². The summed E-state index contributed by atoms with van der Waals surface area (Å²) in [6, 6.07) is 17.8. The van der Waals surface area contributed by atoms with Crippen molar-refractivity contribution in [2.45, 2.75) is 40.5 Å². The molecule has 30 heavy (non-hydrogen) atoms. The van der Waals surface area contributed by atoms with E-state index in [1.54, 1.807) is 12.1 Å². The van der Waals surface area contributed by atoms with Crippen molar-refractivity contribution in [1.82, 2.24) is 4.57 Å². The van der Waals surface area contributed by atoms with Crippen LogP contribution in [0.5, 0.6) is 0 Å². The lowest BCUT2D eigenvalue weighted by molar-refractivity contribution is 0.0514. The summed E-state index contributed by atoms with van der Waals surface area (Å²) in [5.74, 6) is -0.449. The molecule has 3 aromatic rings. The zero-order valence-electron chi connectivity index (χ0n) is 17.7. The Balaban J connectivity index is 1.70. The summed E-state index contributed by atoms with van der Waals surface area (Å²) in [4.78, 5) is 17.8. The Kier molecular flexibility index (Phi) is 5.41. The van der Waals surface area contributed by atoms with Crippen LogP contribution >= 0.6 is 15.9 Å². The van der Waals surface area contributed by atoms with Crippen molar-refractivity contribution in [1.29, 1.82) is 0 Å². The van der Waals surface area contributed by atoms with E-state index in [1.807, 2.05) is 12.1 Å². The fourth-order valence-electron chi connectivity index (χ4n) is 4.05. The normalized spacial score (nSPS) is 16.4. The van der Waals surface area contributed by atoms with Crippen molar-refractivity contribution in [3.05, 3.63) is 87.1 Å². The van der Waals surface area contributed by atoms with E-state index >= 15 is 0 Å². The Bertz CT molecular complexity index is 1120. The average molecular weight is 465 g/mol. The van der Waals surface area contributed by atoms with Crippen molar-refractivity contribution >= 4 is 27.6 Å². The Morgan fingerprint density at radius 2 is 1.70 bits per heavy atom. The molecular formula is C25H25BrN2O2. The number of halogens is 1. The van der Waals surface area contributed by atoms with Crippen LogP contribution < -0.4 is 0 Å². The second-order valence-electron chi connectivity index (χ2n) is 8.76. The highest BCUT2D eigenvalue weighted by molar-refractivity contribution is 9.10. The summed E-state index contributed by atoms with van der Waals surface area (Å²) < 4.78 is 3.21. The molecule has 0 amide bonds. The third-order valence-electron chi connectivity index (χ3n) is 5.50. The number of rotatable bonds is 3. The van der Waals surface area contributed by atoms with Gasteiger partial charge in [-0.2, -0.15) is 0 Å². The molecule has 2 aromatic carbocycles. The summed E-state index contributed by atoms with van der Waals surface area (Å²) in [7, 11) is 0. The first-order chi connectivity index (χ1) is 14.2. The van der Waals surface area contributed by atoms with Gasteiger partial charge in [0.1, 0.15) is 0 Å². The zero-order valence-corrected chi connectivity index (χ0v) is 19.3. The molecule has 0 spiro atoms. The van der Waals surface area contributed by atoms with E-state index in [1.165, 1.54) is 11.3 Å². The van der Waals surface area contributed by atoms with Gasteiger partial charge in [0, 0.05) is 27.1 Å². The van der Waals surface area contributed by atoms with Gasteiger partial charge < -0.3 is 9.40 Å². The molecule has 0 N–H and O–H groups in total. The van der Waals surface area contributed by atoms with Crippen LogP contribution in [0.3, 0.4) is 0 Å². The summed E-state index contributed by atoms with van der Waals surface area (Å²) in [6.45, 7) is 8.65. The topological polar surface area (TPSA) is 43.6 Å². The molecule has 154 valence electrons. The molecule has 0 fully saturated rings. The quantitative estimate of drug-likeness (QED) is 0.332. The molecule has 1 aromatic heterocycles. The van der Waals surface area contributed by atoms with E-state index in [-0.39, 0.29) is 5.41 Å². The minimum Gasteiger partial charge on any atom is -0.318 e. The zero-order chi connectivity index (χ0) is 21.5. The van der Waals surface area contributed by atoms with Crippen LogP contribution in [0.15, 0.2) is 64.2 Å². The van der Waals surface area contributed by atoms with Crippen LogP contribution in [0.1, 0.15) is 53.1 Å². The number of benzene rings is 2. The first kappa shape index (κ1) is 20.6. The van der Waals surface area contributed by atoms with Crippen LogP contribution in [0.4, 0.5) is 0 Å². The number of hydrogen-bond donors (Lipinski definition) is 0. The SMILES string of the molecule is Cc1ccc(-n2c(C)cc3c2CC(C)(C)C/C3=N\OC(=O)c2ccc(Br)cc2)cc1. The molecule has 1 aliphatic carbocycles. The maximum atomic E-state index is 12.4. The van der Waals surface area contributed by atoms with Gasteiger partial charge in [0.05, 0.1) is 11.3 Å². The largest absolute Gasteiger partial charge is 0.365 e. The summed E-state index contributed by atoms with van der Waals surface area (Å²) in [5, 5.41) is 4.32. The maximum absolute atomic E-state index is 12.4. The molecule has 4 rings (SSSR count). The van der Waals surface area contributed by atoms with Crippen LogP contribution in [0.25, 0.3) is 5.69 Å². The van der Waals surface area contributed by atoms with Gasteiger partial charge in [-0.25, -0.2) is 4.79 Å². The lowest BCUT2D eigenvalue weighted by Gasteiger charge is -2.31. The third kappa shape index (κ3) is 4.12. The number of aryl methyl sites for hydroxylation is 2. The standard InChI is InChI=1S/C25H25BrN2O2/c1-16-5-11-20(12-6-16)28-17(2)13-21-22(14-25(3,4)15-23(21)28)27-30-24(29)18-7-9-19(26)10-8-18/h5-13H,14-15H2,1-4H3/b27-22+. The number of nitrogens with zero attached hydrogens (tertiary/aromatic N) is 2. The van der Waals surface area contributed by atoms with Gasteiger partial charge in [0.2, 0.25) is 0 Å². The highest BCUT2D eigenvalue weighted by Crippen LogP contribution is 2.38. The number of hydrogen-bond acceptors (Lipinski definition) is 3. The molecule has 0 radical (unpaired) electrons. The maximum Gasteiger partial charge on any atom is 0.365 e. The predicted molar refractivity (Wildman–Crippen MR) is 123 cm³/mol. The molecule has 0 atom stereocenters. The second kappa shape index (κ2) is 7.88. The lowest BCUT2D eigenvalue weighted by atomic mass is 9.76. The van der Waals surface area contributed by atoms with Gasteiger partial charge in [-0.15, -0.1) is 0 Å². The van der Waals surface area contributed by atoms with Crippen LogP contribution in [-0.2, 0) is 11.3 Å². The molecule has 4 nitrogen and oxygen atoms in total. The molecule has 1 aliphatic rings. The van der Waals surface area contributed by atoms with Gasteiger partial charge in [0.15, 0.2) is 0 Å². The van der Waals surface area contributed by atoms with Gasteiger partial charge in [0.25, 0.3) is 0 Å². The minimum absolute atomic E-state index is 0.0170. The monoisotopic (exact) mass is 464 g/mol. The van der Waals surface area contributed by atoms with Gasteiger partial charge in [-0.05, 0) is 74.6 Å². The minimum atomic E-state index is -0.449. The second-order valence-corrected chi connectivity index (χ2v) is 9.67. The van der Waals surface area contributed by atoms with E-state index in [4.69, 9.17) is 4.84 Å². The van der Waals surface area contributed by atoms with E-state index in [0.717, 1.165) is 40.0 Å². The molecule has 0 unspecified atom stereocenters. The lowest BCUT2D eigenvalue weighted by Crippen LogP contribution is -2.28. The number of carbonyl (C=O) groups excluding carboxylic acids is 1. The van der Waals surface area contributed by atoms with Crippen LogP contribution in [0, 0.1) is 19.3 Å². The molecule has 0 saturated carbocycles. The molecule has 0 saturated heterocycles. The Morgan fingerprint density at radius 1 is 1.03 bits per heavy atom. The van der Waals surface area contributed by atoms with Gasteiger partial charge >= 0.3 is 5.97 Å². The smallest absolute Gasteiger partial charge is 0.318 e. The van der Waals surface area contributed by atoms with Crippen molar-refractivity contribution in [3.63, 3.8) is 0 Å². The number of oxime groups is 1. The van der Waals surface area contributed by atoms with Crippen LogP contribution in [-0.4, -0.2) is 16.2 Å². The highest BCUT2D eigenvalue weighted by atomic mass is 79.9. The number of fused-ring (bicyclic) bond motifs is 1. The molecule has 1 heterocycles. The first-order valence-corrected chi connectivity index (χ1v) is 10.9. The number of carbonyl (C=O) groups is 1. The van der Waals surface area contributed by atoms with Gasteiger partial charge in [-0.1, -0.05) is 52.6 Å². The fourth-order valence-corrected chi connectivity index (χ4v) is 4.31. The van der Waals surface area contributed by atoms with E-state index in [9.17, 15) is 4.79 Å². The van der Waals surface area contributed by atoms with E-state index in [2.05, 4.69) is 83.7 Å². The van der Waals surface area contributed by atoms with Crippen molar-refractivity contribution < 1.29 is 9.63 Å². The fraction of sp³-hybridized carbons (Fsp3) is 0.280. The first-order valence-electron chi connectivity index (χ1n) is 10.1. The Morgan fingerprint density at radius 3 is 2.37 bits per heavy atom. The third-order valence-corrected chi connectivity index (χ3v) is 6.03. The van der Waals surface area contributed by atoms with E-state index in [0.29, 0.717) is 5.56 Å². The van der Waals surface area contributed by atoms with E-state index < -0.39 is 5.97 Å². The number of aromatic nitrogens is 1. The Hall–Kier alpha value is -2.66. The highest BCUT2D eigenvalue weighted by Gasteiger charge is 2.33. The Labute approximate surface area is 185 Å². The summed E-state index contributed by atoms with van der Waals surface area (Å²) in [5.41, 5.74) is 7.12. The summed E-state index contributed by atoms with van der Waals surface area (Å²) >= 11 is 3.38. The van der Waals surface area contributed by atoms with Crippen molar-refractivity contribution in [2.24, 2.45) is 10.6 Å². The molecular weight excluding hydrogens is 440 g/mol. The predicted octanol–water partition coefficient (Wildman–Crippen LogP) is 6.39. The van der Waals surface area contributed by atoms with Crippen molar-refractivity contribution in [3.8, 4) is 5.69 Å². The van der Waals surface area contributed by atoms with Crippen molar-refractivity contribution in [2.75, 3.05) is 0 Å². The molecule has 0 aliphatic heterocycles.